The fraction of sp³-hybridized carbons (Fsp3) is 0.471. The van der Waals surface area contributed by atoms with Crippen molar-refractivity contribution in [2.75, 3.05) is 13.1 Å². The molecule has 0 spiro atoms. The van der Waals surface area contributed by atoms with E-state index >= 15 is 0 Å². The van der Waals surface area contributed by atoms with Crippen LogP contribution in [0.5, 0.6) is 0 Å². The van der Waals surface area contributed by atoms with Gasteiger partial charge in [0.05, 0.1) is 6.20 Å². The fourth-order valence-electron chi connectivity index (χ4n) is 3.81. The van der Waals surface area contributed by atoms with E-state index in [0.717, 1.165) is 25.9 Å². The van der Waals surface area contributed by atoms with Crippen molar-refractivity contribution in [2.24, 2.45) is 5.92 Å². The number of carbonyl (C=O) groups is 1. The number of carbonyl (C=O) groups excluding carboxylic acids is 1. The maximum Gasteiger partial charge on any atom is 0.307 e. The zero-order chi connectivity index (χ0) is 16.7. The quantitative estimate of drug-likeness (QED) is 0.933. The minimum atomic E-state index is -0.508. The van der Waals surface area contributed by atoms with E-state index in [2.05, 4.69) is 27.1 Å². The number of nitrogens with zero attached hydrogens (tertiary/aromatic N) is 3. The van der Waals surface area contributed by atoms with Gasteiger partial charge in [0.2, 0.25) is 0 Å². The van der Waals surface area contributed by atoms with Crippen LogP contribution >= 0.6 is 0 Å². The number of nitrogens with one attached hydrogen (secondary N) is 1. The molecule has 2 atom stereocenters. The van der Waals surface area contributed by atoms with E-state index in [-0.39, 0.29) is 29.3 Å². The first kappa shape index (κ1) is 15.3. The highest BCUT2D eigenvalue weighted by Crippen LogP contribution is 2.32. The Morgan fingerprint density at radius 2 is 2.17 bits per heavy atom. The third-order valence-corrected chi connectivity index (χ3v) is 5.17. The average Bonchev–Trinajstić information content (AvgIpc) is 3.09. The van der Waals surface area contributed by atoms with Crippen LogP contribution in [0.15, 0.2) is 28.9 Å². The predicted octanol–water partition coefficient (Wildman–Crippen LogP) is 2.09. The maximum absolute atomic E-state index is 13.8. The summed E-state index contributed by atoms with van der Waals surface area (Å²) in [6, 6.07) is 3.20. The Kier molecular flexibility index (Phi) is 3.80. The zero-order valence-corrected chi connectivity index (χ0v) is 13.4. The topological polar surface area (TPSA) is 71.3 Å². The summed E-state index contributed by atoms with van der Waals surface area (Å²) >= 11 is 0. The van der Waals surface area contributed by atoms with Crippen LogP contribution in [-0.2, 0) is 0 Å². The average molecular weight is 330 g/mol. The molecule has 1 N–H and O–H groups in total. The van der Waals surface area contributed by atoms with E-state index in [1.54, 1.807) is 0 Å². The van der Waals surface area contributed by atoms with Gasteiger partial charge in [0.15, 0.2) is 11.6 Å². The second-order valence-corrected chi connectivity index (χ2v) is 6.48. The van der Waals surface area contributed by atoms with Gasteiger partial charge in [-0.3, -0.25) is 9.69 Å². The lowest BCUT2D eigenvalue weighted by Gasteiger charge is -2.49. The van der Waals surface area contributed by atoms with Gasteiger partial charge in [0.1, 0.15) is 5.69 Å². The van der Waals surface area contributed by atoms with Crippen LogP contribution in [0.2, 0.25) is 0 Å². The number of aromatic nitrogens is 2. The van der Waals surface area contributed by atoms with Gasteiger partial charge in [-0.15, -0.1) is 0 Å². The van der Waals surface area contributed by atoms with Crippen molar-refractivity contribution in [3.8, 4) is 11.5 Å². The highest BCUT2D eigenvalue weighted by molar-refractivity contribution is 5.90. The number of fused-ring (bicyclic) bond motifs is 3. The summed E-state index contributed by atoms with van der Waals surface area (Å²) in [5, 5.41) is 3.04. The molecule has 5 heterocycles. The van der Waals surface area contributed by atoms with Crippen molar-refractivity contribution in [1.29, 1.82) is 0 Å². The van der Waals surface area contributed by atoms with Gasteiger partial charge < -0.3 is 9.73 Å². The molecular formula is C17H19FN4O2. The van der Waals surface area contributed by atoms with Gasteiger partial charge in [-0.1, -0.05) is 0 Å². The number of hydrogen-bond donors (Lipinski definition) is 1. The fourth-order valence-corrected chi connectivity index (χ4v) is 3.81. The van der Waals surface area contributed by atoms with Crippen LogP contribution in [0.4, 0.5) is 4.39 Å². The molecule has 6 nitrogen and oxygen atoms in total. The van der Waals surface area contributed by atoms with Crippen LogP contribution in [0.1, 0.15) is 30.5 Å². The summed E-state index contributed by atoms with van der Waals surface area (Å²) in [6.07, 6.45) is 5.01. The second-order valence-electron chi connectivity index (χ2n) is 6.48. The molecule has 24 heavy (non-hydrogen) atoms. The molecule has 1 amide bonds. The number of pyridine rings is 1. The third-order valence-electron chi connectivity index (χ3n) is 5.17. The van der Waals surface area contributed by atoms with E-state index in [0.29, 0.717) is 12.0 Å². The minimum Gasteiger partial charge on any atom is -0.431 e. The van der Waals surface area contributed by atoms with Gasteiger partial charge in [0, 0.05) is 18.3 Å². The molecule has 0 radical (unpaired) electrons. The lowest BCUT2D eigenvalue weighted by atomic mass is 9.79. The Hall–Kier alpha value is -2.28. The summed E-state index contributed by atoms with van der Waals surface area (Å²) in [4.78, 5) is 22.8. The van der Waals surface area contributed by atoms with Gasteiger partial charge in [-0.25, -0.2) is 14.4 Å². The van der Waals surface area contributed by atoms with Crippen molar-refractivity contribution in [1.82, 2.24) is 20.2 Å². The molecule has 0 aromatic carbocycles. The van der Waals surface area contributed by atoms with Crippen LogP contribution in [0.25, 0.3) is 11.5 Å². The molecule has 0 saturated carbocycles. The number of piperidine rings is 3. The molecular weight excluding hydrogens is 311 g/mol. The Bertz CT molecular complexity index is 753. The lowest BCUT2D eigenvalue weighted by molar-refractivity contribution is 0.0210. The number of oxazole rings is 1. The first-order valence-corrected chi connectivity index (χ1v) is 8.25. The van der Waals surface area contributed by atoms with Gasteiger partial charge in [-0.2, -0.15) is 0 Å². The van der Waals surface area contributed by atoms with Crippen LogP contribution in [-0.4, -0.2) is 45.9 Å². The first-order valence-electron chi connectivity index (χ1n) is 8.25. The normalized spacial score (nSPS) is 28.8. The van der Waals surface area contributed by atoms with E-state index in [1.807, 2.05) is 0 Å². The Morgan fingerprint density at radius 3 is 2.88 bits per heavy atom. The number of amides is 1. The SMILES string of the molecule is CC1C(NC(=O)c2ncc(-c3ncccc3F)o2)C2CCN1CC2. The molecule has 2 unspecified atom stereocenters. The molecule has 2 aromatic rings. The highest BCUT2D eigenvalue weighted by atomic mass is 19.1. The summed E-state index contributed by atoms with van der Waals surface area (Å²) in [6.45, 7) is 4.33. The zero-order valence-electron chi connectivity index (χ0n) is 13.4. The summed E-state index contributed by atoms with van der Waals surface area (Å²) < 4.78 is 19.2. The van der Waals surface area contributed by atoms with Crippen molar-refractivity contribution in [3.63, 3.8) is 0 Å². The molecule has 2 aromatic heterocycles. The Morgan fingerprint density at radius 1 is 1.38 bits per heavy atom. The van der Waals surface area contributed by atoms with Crippen molar-refractivity contribution in [2.45, 2.75) is 31.8 Å². The summed E-state index contributed by atoms with van der Waals surface area (Å²) in [7, 11) is 0. The molecule has 3 fully saturated rings. The van der Waals surface area contributed by atoms with Gasteiger partial charge in [0.25, 0.3) is 5.89 Å². The van der Waals surface area contributed by atoms with Crippen molar-refractivity contribution < 1.29 is 13.6 Å². The molecule has 3 aliphatic heterocycles. The van der Waals surface area contributed by atoms with E-state index in [4.69, 9.17) is 4.42 Å². The van der Waals surface area contributed by atoms with E-state index in [1.165, 1.54) is 24.5 Å². The smallest absolute Gasteiger partial charge is 0.307 e. The number of halogens is 1. The monoisotopic (exact) mass is 330 g/mol. The van der Waals surface area contributed by atoms with Gasteiger partial charge >= 0.3 is 5.91 Å². The van der Waals surface area contributed by atoms with Gasteiger partial charge in [-0.05, 0) is 50.9 Å². The summed E-state index contributed by atoms with van der Waals surface area (Å²) in [5.74, 6) is -0.273. The molecule has 2 bridgehead atoms. The first-order chi connectivity index (χ1) is 11.6. The second kappa shape index (κ2) is 5.98. The third kappa shape index (κ3) is 2.58. The van der Waals surface area contributed by atoms with Crippen LogP contribution < -0.4 is 5.32 Å². The largest absolute Gasteiger partial charge is 0.431 e. The van der Waals surface area contributed by atoms with Crippen molar-refractivity contribution in [3.05, 3.63) is 36.2 Å². The molecule has 3 saturated heterocycles. The van der Waals surface area contributed by atoms with Crippen LogP contribution in [0.3, 0.4) is 0 Å². The maximum atomic E-state index is 13.8. The minimum absolute atomic E-state index is 0.0558. The standard InChI is InChI=1S/C17H19FN4O2/c1-10-14(11-4-7-22(10)8-5-11)21-16(23)17-20-9-13(24-17)15-12(18)3-2-6-19-15/h2-3,6,9-11,14H,4-5,7-8H2,1H3,(H,21,23). The highest BCUT2D eigenvalue weighted by Gasteiger charge is 2.40. The number of rotatable bonds is 3. The number of hydrogen-bond acceptors (Lipinski definition) is 5. The Balaban J connectivity index is 1.51. The van der Waals surface area contributed by atoms with E-state index < -0.39 is 5.82 Å². The van der Waals surface area contributed by atoms with Crippen molar-refractivity contribution >= 4 is 5.91 Å². The predicted molar refractivity (Wildman–Crippen MR) is 84.7 cm³/mol. The molecule has 5 rings (SSSR count). The molecule has 0 aliphatic carbocycles. The Labute approximate surface area is 139 Å². The molecule has 7 heteroatoms. The van der Waals surface area contributed by atoms with E-state index in [9.17, 15) is 9.18 Å². The van der Waals surface area contributed by atoms with Crippen LogP contribution in [0, 0.1) is 11.7 Å². The molecule has 3 aliphatic rings. The molecule has 126 valence electrons. The lowest BCUT2D eigenvalue weighted by Crippen LogP contribution is -2.62. The summed E-state index contributed by atoms with van der Waals surface area (Å²) in [5.41, 5.74) is 0.0558.